The topological polar surface area (TPSA) is 176 Å². The van der Waals surface area contributed by atoms with E-state index >= 15 is 0 Å². The zero-order chi connectivity index (χ0) is 26.9. The van der Waals surface area contributed by atoms with Gasteiger partial charge in [0.2, 0.25) is 11.8 Å². The van der Waals surface area contributed by atoms with E-state index in [0.717, 1.165) is 5.69 Å². The maximum atomic E-state index is 13.0. The number of aromatic hydroxyl groups is 1. The van der Waals surface area contributed by atoms with Gasteiger partial charge in [0.15, 0.2) is 12.2 Å². The number of hydrogen-bond donors (Lipinski definition) is 5. The fourth-order valence-electron chi connectivity index (χ4n) is 3.79. The highest BCUT2D eigenvalue weighted by Crippen LogP contribution is 2.23. The summed E-state index contributed by atoms with van der Waals surface area (Å²) in [6, 6.07) is 9.73. The second kappa shape index (κ2) is 12.8. The lowest BCUT2D eigenvalue weighted by molar-refractivity contribution is -0.132. The highest BCUT2D eigenvalue weighted by Gasteiger charge is 2.50. The predicted molar refractivity (Wildman–Crippen MR) is 134 cm³/mol. The molecular weight excluding hydrogens is 478 g/mol. The van der Waals surface area contributed by atoms with Crippen molar-refractivity contribution in [1.29, 1.82) is 0 Å². The lowest BCUT2D eigenvalue weighted by Crippen LogP contribution is -2.54. The molecule has 1 aromatic heterocycles. The fraction of sp³-hybridized carbons (Fsp3) is 0.423. The van der Waals surface area contributed by atoms with Crippen LogP contribution in [0.15, 0.2) is 48.7 Å². The maximum absolute atomic E-state index is 13.0. The van der Waals surface area contributed by atoms with Crippen molar-refractivity contribution in [1.82, 2.24) is 20.9 Å². The predicted octanol–water partition coefficient (Wildman–Crippen LogP) is -0.0430. The van der Waals surface area contributed by atoms with Gasteiger partial charge in [-0.05, 0) is 42.2 Å². The summed E-state index contributed by atoms with van der Waals surface area (Å²) in [5, 5.41) is 17.4. The number of amides is 4. The molecule has 1 saturated heterocycles. The molecule has 3 rings (SSSR count). The molecule has 11 nitrogen and oxygen atoms in total. The Hall–Kier alpha value is -3.99. The SMILES string of the molecule is CC(C)C[C@H](NC(=O)[C@H]1O[C@@H]1C(=O)NCCc1ccccn1)C(=O)N[C@@H](Cc1ccc(O)cc1)C(N)=O. The van der Waals surface area contributed by atoms with Gasteiger partial charge < -0.3 is 31.5 Å². The van der Waals surface area contributed by atoms with Gasteiger partial charge in [-0.1, -0.05) is 32.0 Å². The summed E-state index contributed by atoms with van der Waals surface area (Å²) in [5.74, 6) is -2.18. The van der Waals surface area contributed by atoms with Crippen molar-refractivity contribution in [2.24, 2.45) is 11.7 Å². The number of rotatable bonds is 13. The monoisotopic (exact) mass is 511 g/mol. The molecule has 0 bridgehead atoms. The molecular formula is C26H33N5O6. The first-order valence-electron chi connectivity index (χ1n) is 12.1. The van der Waals surface area contributed by atoms with E-state index in [1.807, 2.05) is 26.0 Å². The number of nitrogens with two attached hydrogens (primary N) is 1. The Morgan fingerprint density at radius 3 is 2.32 bits per heavy atom. The summed E-state index contributed by atoms with van der Waals surface area (Å²) in [4.78, 5) is 54.3. The fourth-order valence-corrected chi connectivity index (χ4v) is 3.79. The van der Waals surface area contributed by atoms with Gasteiger partial charge in [0.05, 0.1) is 0 Å². The summed E-state index contributed by atoms with van der Waals surface area (Å²) in [5.41, 5.74) is 7.01. The van der Waals surface area contributed by atoms with E-state index in [1.54, 1.807) is 24.4 Å². The first kappa shape index (κ1) is 27.6. The van der Waals surface area contributed by atoms with Crippen LogP contribution in [0, 0.1) is 5.92 Å². The van der Waals surface area contributed by atoms with Crippen molar-refractivity contribution < 1.29 is 29.0 Å². The van der Waals surface area contributed by atoms with Crippen molar-refractivity contribution in [3.8, 4) is 5.75 Å². The molecule has 2 heterocycles. The molecule has 198 valence electrons. The average molecular weight is 512 g/mol. The smallest absolute Gasteiger partial charge is 0.253 e. The molecule has 0 spiro atoms. The van der Waals surface area contributed by atoms with E-state index < -0.39 is 47.9 Å². The van der Waals surface area contributed by atoms with E-state index in [9.17, 15) is 24.3 Å². The van der Waals surface area contributed by atoms with Crippen molar-refractivity contribution in [2.75, 3.05) is 6.54 Å². The lowest BCUT2D eigenvalue weighted by atomic mass is 10.0. The van der Waals surface area contributed by atoms with Crippen LogP contribution in [0.4, 0.5) is 0 Å². The second-order valence-electron chi connectivity index (χ2n) is 9.36. The zero-order valence-corrected chi connectivity index (χ0v) is 20.8. The van der Waals surface area contributed by atoms with E-state index in [2.05, 4.69) is 20.9 Å². The van der Waals surface area contributed by atoms with Crippen LogP contribution in [0.3, 0.4) is 0 Å². The summed E-state index contributed by atoms with van der Waals surface area (Å²) < 4.78 is 5.27. The molecule has 0 aliphatic carbocycles. The molecule has 1 aliphatic heterocycles. The van der Waals surface area contributed by atoms with Gasteiger partial charge in [0, 0.05) is 31.3 Å². The Morgan fingerprint density at radius 1 is 1.00 bits per heavy atom. The van der Waals surface area contributed by atoms with Gasteiger partial charge in [0.25, 0.3) is 11.8 Å². The minimum Gasteiger partial charge on any atom is -0.508 e. The van der Waals surface area contributed by atoms with Crippen LogP contribution >= 0.6 is 0 Å². The van der Waals surface area contributed by atoms with Crippen LogP contribution in [0.1, 0.15) is 31.5 Å². The Bertz CT molecular complexity index is 1090. The van der Waals surface area contributed by atoms with Crippen LogP contribution in [-0.2, 0) is 36.8 Å². The molecule has 1 fully saturated rings. The molecule has 0 unspecified atom stereocenters. The molecule has 1 aromatic carbocycles. The number of carbonyl (C=O) groups is 4. The summed E-state index contributed by atoms with van der Waals surface area (Å²) in [6.07, 6.45) is 0.703. The van der Waals surface area contributed by atoms with Gasteiger partial charge in [-0.15, -0.1) is 0 Å². The third-order valence-electron chi connectivity index (χ3n) is 5.79. The number of ether oxygens (including phenoxy) is 1. The minimum absolute atomic E-state index is 0.0472. The molecule has 1 aliphatic rings. The van der Waals surface area contributed by atoms with Crippen molar-refractivity contribution in [3.63, 3.8) is 0 Å². The molecule has 0 radical (unpaired) electrons. The van der Waals surface area contributed by atoms with Gasteiger partial charge in [-0.25, -0.2) is 0 Å². The molecule has 6 N–H and O–H groups in total. The van der Waals surface area contributed by atoms with Crippen LogP contribution < -0.4 is 21.7 Å². The first-order chi connectivity index (χ1) is 17.6. The second-order valence-corrected chi connectivity index (χ2v) is 9.36. The van der Waals surface area contributed by atoms with E-state index in [0.29, 0.717) is 24.9 Å². The first-order valence-corrected chi connectivity index (χ1v) is 12.1. The Kier molecular flexibility index (Phi) is 9.56. The van der Waals surface area contributed by atoms with Crippen LogP contribution in [0.25, 0.3) is 0 Å². The largest absolute Gasteiger partial charge is 0.508 e. The highest BCUT2D eigenvalue weighted by atomic mass is 16.6. The Morgan fingerprint density at radius 2 is 1.70 bits per heavy atom. The lowest BCUT2D eigenvalue weighted by Gasteiger charge is -2.23. The standard InChI is InChI=1S/C26H33N5O6/c1-15(2)13-20(24(34)30-19(23(27)33)14-16-6-8-18(32)9-7-16)31-26(36)22-21(37-22)25(35)29-12-10-17-5-3-4-11-28-17/h3-9,11,15,19-22,32H,10,12-14H2,1-2H3,(H2,27,33)(H,29,35)(H,30,34)(H,31,36)/t19-,20-,21-,22-/m0/s1. The molecule has 2 aromatic rings. The van der Waals surface area contributed by atoms with Crippen molar-refractivity contribution >= 4 is 23.6 Å². The highest BCUT2D eigenvalue weighted by molar-refractivity contribution is 5.97. The van der Waals surface area contributed by atoms with Crippen LogP contribution in [-0.4, -0.2) is 64.6 Å². The zero-order valence-electron chi connectivity index (χ0n) is 20.8. The van der Waals surface area contributed by atoms with Crippen molar-refractivity contribution in [3.05, 3.63) is 59.9 Å². The van der Waals surface area contributed by atoms with Gasteiger partial charge in [-0.3, -0.25) is 24.2 Å². The summed E-state index contributed by atoms with van der Waals surface area (Å²) >= 11 is 0. The Balaban J connectivity index is 1.53. The van der Waals surface area contributed by atoms with E-state index in [4.69, 9.17) is 10.5 Å². The van der Waals surface area contributed by atoms with Crippen molar-refractivity contribution in [2.45, 2.75) is 57.4 Å². The number of aromatic nitrogens is 1. The normalized spacial score (nSPS) is 17.9. The molecule has 4 atom stereocenters. The molecule has 4 amide bonds. The molecule has 11 heteroatoms. The maximum Gasteiger partial charge on any atom is 0.253 e. The molecule has 0 saturated carbocycles. The van der Waals surface area contributed by atoms with Crippen LogP contribution in [0.5, 0.6) is 5.75 Å². The quantitative estimate of drug-likeness (QED) is 0.234. The number of nitrogens with zero attached hydrogens (tertiary/aromatic N) is 1. The van der Waals surface area contributed by atoms with Gasteiger partial charge >= 0.3 is 0 Å². The summed E-state index contributed by atoms with van der Waals surface area (Å²) in [7, 11) is 0. The number of phenolic OH excluding ortho intramolecular Hbond substituents is 1. The van der Waals surface area contributed by atoms with Gasteiger partial charge in [-0.2, -0.15) is 0 Å². The third kappa shape index (κ3) is 8.57. The number of nitrogens with one attached hydrogen (secondary N) is 3. The number of benzene rings is 1. The molecule has 37 heavy (non-hydrogen) atoms. The number of hydrogen-bond acceptors (Lipinski definition) is 7. The number of pyridine rings is 1. The Labute approximate surface area is 215 Å². The number of primary amides is 1. The van der Waals surface area contributed by atoms with E-state index in [1.165, 1.54) is 12.1 Å². The minimum atomic E-state index is -1.02. The number of phenols is 1. The van der Waals surface area contributed by atoms with Crippen LogP contribution in [0.2, 0.25) is 0 Å². The summed E-state index contributed by atoms with van der Waals surface area (Å²) in [6.45, 7) is 4.12. The third-order valence-corrected chi connectivity index (χ3v) is 5.79. The average Bonchev–Trinajstić information content (AvgIpc) is 3.66. The van der Waals surface area contributed by atoms with Gasteiger partial charge in [0.1, 0.15) is 17.8 Å². The number of epoxide rings is 1. The van der Waals surface area contributed by atoms with E-state index in [-0.39, 0.29) is 18.1 Å². The number of carbonyl (C=O) groups excluding carboxylic acids is 4.